The number of hydrogen-bond acceptors (Lipinski definition) is 2. The number of ether oxygens (including phenoxy) is 1. The van der Waals surface area contributed by atoms with Crippen LogP contribution in [0.2, 0.25) is 0 Å². The van der Waals surface area contributed by atoms with Crippen molar-refractivity contribution in [3.63, 3.8) is 0 Å². The van der Waals surface area contributed by atoms with E-state index in [1.54, 1.807) is 0 Å². The maximum atomic E-state index is 10.6. The Balaban J connectivity index is 3.68. The van der Waals surface area contributed by atoms with E-state index >= 15 is 0 Å². The third-order valence-electron chi connectivity index (χ3n) is 2.77. The third kappa shape index (κ3) is 8.43. The molecule has 1 unspecified atom stereocenters. The van der Waals surface area contributed by atoms with Crippen molar-refractivity contribution in [1.29, 1.82) is 0 Å². The van der Waals surface area contributed by atoms with Crippen molar-refractivity contribution in [3.05, 3.63) is 0 Å². The van der Waals surface area contributed by atoms with Crippen molar-refractivity contribution in [2.24, 2.45) is 11.7 Å². The maximum absolute atomic E-state index is 10.6. The largest absolute Gasteiger partial charge is 0.376 e. The Morgan fingerprint density at radius 2 is 2.07 bits per heavy atom. The summed E-state index contributed by atoms with van der Waals surface area (Å²) in [6.07, 6.45) is 3.36. The number of carbonyl (C=O) groups is 1. The average molecular weight is 215 g/mol. The SMILES string of the molecule is CCC(C)CCOC(C)(C)CCC(N)=O. The minimum Gasteiger partial charge on any atom is -0.376 e. The van der Waals surface area contributed by atoms with E-state index in [0.717, 1.165) is 13.0 Å². The number of primary amides is 1. The molecule has 0 saturated heterocycles. The Labute approximate surface area is 93.4 Å². The zero-order valence-electron chi connectivity index (χ0n) is 10.5. The van der Waals surface area contributed by atoms with Gasteiger partial charge in [0.1, 0.15) is 0 Å². The summed E-state index contributed by atoms with van der Waals surface area (Å²) in [6.45, 7) is 9.18. The van der Waals surface area contributed by atoms with Gasteiger partial charge in [-0.05, 0) is 32.6 Å². The van der Waals surface area contributed by atoms with Crippen LogP contribution in [0.25, 0.3) is 0 Å². The highest BCUT2D eigenvalue weighted by Gasteiger charge is 2.19. The van der Waals surface area contributed by atoms with E-state index in [1.807, 2.05) is 13.8 Å². The summed E-state index contributed by atoms with van der Waals surface area (Å²) in [5.41, 5.74) is 4.87. The molecule has 0 aliphatic rings. The van der Waals surface area contributed by atoms with Crippen molar-refractivity contribution in [2.75, 3.05) is 6.61 Å². The first-order valence-electron chi connectivity index (χ1n) is 5.79. The van der Waals surface area contributed by atoms with Crippen LogP contribution in [0, 0.1) is 5.92 Å². The Hall–Kier alpha value is -0.570. The quantitative estimate of drug-likeness (QED) is 0.676. The molecule has 15 heavy (non-hydrogen) atoms. The summed E-state index contributed by atoms with van der Waals surface area (Å²) < 4.78 is 5.74. The molecule has 0 radical (unpaired) electrons. The second-order valence-electron chi connectivity index (χ2n) is 4.88. The maximum Gasteiger partial charge on any atom is 0.217 e. The molecule has 0 aromatic carbocycles. The van der Waals surface area contributed by atoms with Gasteiger partial charge in [-0.2, -0.15) is 0 Å². The van der Waals surface area contributed by atoms with Crippen LogP contribution in [-0.4, -0.2) is 18.1 Å². The topological polar surface area (TPSA) is 52.3 Å². The first-order chi connectivity index (χ1) is 6.87. The molecule has 3 nitrogen and oxygen atoms in total. The highest BCUT2D eigenvalue weighted by atomic mass is 16.5. The molecule has 0 bridgehead atoms. The highest BCUT2D eigenvalue weighted by molar-refractivity contribution is 5.73. The smallest absolute Gasteiger partial charge is 0.217 e. The first kappa shape index (κ1) is 14.4. The third-order valence-corrected chi connectivity index (χ3v) is 2.77. The Kier molecular flexibility index (Phi) is 6.57. The minimum absolute atomic E-state index is 0.234. The van der Waals surface area contributed by atoms with Gasteiger partial charge in [-0.25, -0.2) is 0 Å². The fourth-order valence-corrected chi connectivity index (χ4v) is 1.24. The van der Waals surface area contributed by atoms with Crippen molar-refractivity contribution in [2.45, 2.75) is 59.0 Å². The lowest BCUT2D eigenvalue weighted by Gasteiger charge is -2.25. The fraction of sp³-hybridized carbons (Fsp3) is 0.917. The van der Waals surface area contributed by atoms with E-state index in [1.165, 1.54) is 6.42 Å². The van der Waals surface area contributed by atoms with E-state index < -0.39 is 0 Å². The molecule has 1 atom stereocenters. The lowest BCUT2D eigenvalue weighted by Crippen LogP contribution is -2.27. The number of rotatable bonds is 8. The van der Waals surface area contributed by atoms with E-state index in [4.69, 9.17) is 10.5 Å². The Morgan fingerprint density at radius 1 is 1.47 bits per heavy atom. The summed E-state index contributed by atoms with van der Waals surface area (Å²) in [4.78, 5) is 10.6. The lowest BCUT2D eigenvalue weighted by atomic mass is 10.0. The van der Waals surface area contributed by atoms with Gasteiger partial charge in [0.2, 0.25) is 5.91 Å². The predicted molar refractivity (Wildman–Crippen MR) is 62.5 cm³/mol. The normalized spacial score (nSPS) is 13.9. The van der Waals surface area contributed by atoms with Gasteiger partial charge in [-0.15, -0.1) is 0 Å². The molecule has 0 rings (SSSR count). The molecule has 0 aliphatic heterocycles. The molecule has 2 N–H and O–H groups in total. The summed E-state index contributed by atoms with van der Waals surface area (Å²) >= 11 is 0. The van der Waals surface area contributed by atoms with E-state index in [9.17, 15) is 4.79 Å². The van der Waals surface area contributed by atoms with Gasteiger partial charge in [0.25, 0.3) is 0 Å². The zero-order chi connectivity index (χ0) is 11.9. The molecule has 1 amide bonds. The zero-order valence-corrected chi connectivity index (χ0v) is 10.5. The molecule has 3 heteroatoms. The van der Waals surface area contributed by atoms with Crippen LogP contribution in [0.5, 0.6) is 0 Å². The minimum atomic E-state index is -0.256. The summed E-state index contributed by atoms with van der Waals surface area (Å²) in [7, 11) is 0. The number of nitrogens with two attached hydrogens (primary N) is 1. The number of amides is 1. The monoisotopic (exact) mass is 215 g/mol. The van der Waals surface area contributed by atoms with E-state index in [-0.39, 0.29) is 11.5 Å². The van der Waals surface area contributed by atoms with Gasteiger partial charge >= 0.3 is 0 Å². The summed E-state index contributed by atoms with van der Waals surface area (Å²) in [6, 6.07) is 0. The molecule has 0 spiro atoms. The van der Waals surface area contributed by atoms with Crippen LogP contribution in [0.15, 0.2) is 0 Å². The van der Waals surface area contributed by atoms with Gasteiger partial charge in [-0.1, -0.05) is 20.3 Å². The van der Waals surface area contributed by atoms with Crippen molar-refractivity contribution < 1.29 is 9.53 Å². The van der Waals surface area contributed by atoms with Crippen molar-refractivity contribution >= 4 is 5.91 Å². The first-order valence-corrected chi connectivity index (χ1v) is 5.79. The van der Waals surface area contributed by atoms with E-state index in [0.29, 0.717) is 18.8 Å². The summed E-state index contributed by atoms with van der Waals surface area (Å²) in [5, 5.41) is 0. The van der Waals surface area contributed by atoms with Crippen LogP contribution in [0.4, 0.5) is 0 Å². The number of carbonyl (C=O) groups excluding carboxylic acids is 1. The van der Waals surface area contributed by atoms with Crippen LogP contribution in [0.1, 0.15) is 53.4 Å². The second kappa shape index (κ2) is 6.83. The molecule has 0 heterocycles. The average Bonchev–Trinajstić information content (AvgIpc) is 2.14. The molecule has 0 aliphatic carbocycles. The van der Waals surface area contributed by atoms with Crippen LogP contribution < -0.4 is 5.73 Å². The van der Waals surface area contributed by atoms with Gasteiger partial charge in [-0.3, -0.25) is 4.79 Å². The lowest BCUT2D eigenvalue weighted by molar-refractivity contribution is -0.119. The van der Waals surface area contributed by atoms with Gasteiger partial charge in [0.05, 0.1) is 5.60 Å². The fourth-order valence-electron chi connectivity index (χ4n) is 1.24. The van der Waals surface area contributed by atoms with Gasteiger partial charge in [0.15, 0.2) is 0 Å². The second-order valence-corrected chi connectivity index (χ2v) is 4.88. The van der Waals surface area contributed by atoms with Crippen LogP contribution in [-0.2, 0) is 9.53 Å². The Morgan fingerprint density at radius 3 is 2.53 bits per heavy atom. The molecular formula is C12H25NO2. The van der Waals surface area contributed by atoms with Crippen LogP contribution in [0.3, 0.4) is 0 Å². The molecule has 0 fully saturated rings. The highest BCUT2D eigenvalue weighted by Crippen LogP contribution is 2.18. The van der Waals surface area contributed by atoms with Crippen molar-refractivity contribution in [1.82, 2.24) is 0 Å². The van der Waals surface area contributed by atoms with E-state index in [2.05, 4.69) is 13.8 Å². The van der Waals surface area contributed by atoms with Crippen molar-refractivity contribution in [3.8, 4) is 0 Å². The number of hydrogen-bond donors (Lipinski definition) is 1. The van der Waals surface area contributed by atoms with Gasteiger partial charge < -0.3 is 10.5 Å². The molecule has 0 aromatic rings. The molecule has 0 aromatic heterocycles. The molecule has 90 valence electrons. The Bertz CT molecular complexity index is 190. The van der Waals surface area contributed by atoms with Crippen LogP contribution >= 0.6 is 0 Å². The standard InChI is InChI=1S/C12H25NO2/c1-5-10(2)7-9-15-12(3,4)8-6-11(13)14/h10H,5-9H2,1-4H3,(H2,13,14). The van der Waals surface area contributed by atoms with Gasteiger partial charge in [0, 0.05) is 13.0 Å². The molecule has 0 saturated carbocycles. The molecular weight excluding hydrogens is 190 g/mol. The predicted octanol–water partition coefficient (Wildman–Crippen LogP) is 2.48. The summed E-state index contributed by atoms with van der Waals surface area (Å²) in [5.74, 6) is 0.450.